The molecule has 2 fully saturated rings. The molecule has 2 heterocycles. The molecule has 0 bridgehead atoms. The van der Waals surface area contributed by atoms with Crippen LogP contribution in [0.2, 0.25) is 0 Å². The predicted molar refractivity (Wildman–Crippen MR) is 134 cm³/mol. The van der Waals surface area contributed by atoms with Gasteiger partial charge in [0.25, 0.3) is 5.91 Å². The number of anilines is 1. The fourth-order valence-electron chi connectivity index (χ4n) is 4.84. The summed E-state index contributed by atoms with van der Waals surface area (Å²) in [5, 5.41) is 7.49. The highest BCUT2D eigenvalue weighted by Gasteiger charge is 2.45. The largest absolute Gasteiger partial charge is 0.416 e. The van der Waals surface area contributed by atoms with Crippen molar-refractivity contribution in [2.45, 2.75) is 51.0 Å². The number of carbonyl (C=O) groups is 2. The van der Waals surface area contributed by atoms with Crippen LogP contribution in [0.15, 0.2) is 41.9 Å². The van der Waals surface area contributed by atoms with Gasteiger partial charge in [-0.3, -0.25) is 19.8 Å². The van der Waals surface area contributed by atoms with E-state index in [-0.39, 0.29) is 23.4 Å². The Bertz CT molecular complexity index is 1170. The van der Waals surface area contributed by atoms with E-state index in [0.717, 1.165) is 12.8 Å². The van der Waals surface area contributed by atoms with Crippen LogP contribution in [-0.4, -0.2) is 41.3 Å². The zero-order valence-corrected chi connectivity index (χ0v) is 21.7. The van der Waals surface area contributed by atoms with E-state index in [1.165, 1.54) is 11.3 Å². The monoisotopic (exact) mass is 574 g/mol. The zero-order chi connectivity index (χ0) is 28.4. The summed E-state index contributed by atoms with van der Waals surface area (Å²) in [6.07, 6.45) is -4.87. The molecule has 13 heteroatoms. The van der Waals surface area contributed by atoms with Crippen molar-refractivity contribution >= 4 is 28.3 Å². The summed E-state index contributed by atoms with van der Waals surface area (Å²) in [5.74, 6) is -0.357. The lowest BCUT2D eigenvalue weighted by atomic mass is 9.73. The van der Waals surface area contributed by atoms with E-state index in [1.807, 2.05) is 4.90 Å². The van der Waals surface area contributed by atoms with Gasteiger partial charge in [-0.1, -0.05) is 19.4 Å². The molecule has 2 amide bonds. The number of nitrogens with one attached hydrogen (secondary N) is 2. The van der Waals surface area contributed by atoms with E-state index in [1.54, 1.807) is 11.6 Å². The van der Waals surface area contributed by atoms with Crippen molar-refractivity contribution in [1.82, 2.24) is 15.2 Å². The van der Waals surface area contributed by atoms with Gasteiger partial charge in [-0.05, 0) is 62.0 Å². The number of nitrogens with zero attached hydrogens (tertiary/aromatic N) is 2. The molecule has 0 unspecified atom stereocenters. The molecular formula is C26H28F6N4O2S. The maximum atomic E-state index is 13.4. The highest BCUT2D eigenvalue weighted by atomic mass is 32.1. The molecule has 39 heavy (non-hydrogen) atoms. The van der Waals surface area contributed by atoms with Crippen molar-refractivity contribution in [2.75, 3.05) is 25.0 Å². The molecule has 0 spiro atoms. The number of aromatic nitrogens is 1. The average molecular weight is 575 g/mol. The number of amides is 2. The van der Waals surface area contributed by atoms with E-state index in [4.69, 9.17) is 0 Å². The second-order valence-electron chi connectivity index (χ2n) is 10.2. The molecule has 0 atom stereocenters. The fraction of sp³-hybridized carbons (Fsp3) is 0.500. The SMILES string of the molecule is C=C(CN1CCC(CC2CC2)(C(=O)NCc2cc(C(F)(F)F)cc(C(F)(F)F)c2)CC1)C(=O)Nc1nccs1. The quantitative estimate of drug-likeness (QED) is 0.290. The minimum atomic E-state index is -4.96. The van der Waals surface area contributed by atoms with Gasteiger partial charge in [0.1, 0.15) is 0 Å². The standard InChI is InChI=1S/C26H28F6N4O2S/c1-16(21(37)35-23-33-6-9-39-23)15-36-7-4-24(5-8-36,13-17-2-3-17)22(38)34-14-18-10-19(25(27,28)29)12-20(11-18)26(30,31)32/h6,9-12,17H,1-5,7-8,13-15H2,(H,34,38)(H,33,35,37). The average Bonchev–Trinajstić information content (AvgIpc) is 3.53. The van der Waals surface area contributed by atoms with Gasteiger partial charge < -0.3 is 5.32 Å². The van der Waals surface area contributed by atoms with Crippen molar-refractivity contribution in [3.8, 4) is 0 Å². The number of benzene rings is 1. The molecule has 1 saturated heterocycles. The van der Waals surface area contributed by atoms with Crippen LogP contribution in [0.4, 0.5) is 31.5 Å². The Morgan fingerprint density at radius 1 is 1.05 bits per heavy atom. The van der Waals surface area contributed by atoms with Crippen LogP contribution in [0.3, 0.4) is 0 Å². The Kier molecular flexibility index (Phi) is 8.41. The second-order valence-corrected chi connectivity index (χ2v) is 11.1. The number of likely N-dealkylation sites (tertiary alicyclic amines) is 1. The summed E-state index contributed by atoms with van der Waals surface area (Å²) in [6, 6.07) is 1.34. The molecule has 212 valence electrons. The lowest BCUT2D eigenvalue weighted by Gasteiger charge is -2.41. The van der Waals surface area contributed by atoms with Crippen molar-refractivity contribution < 1.29 is 35.9 Å². The van der Waals surface area contributed by atoms with Crippen LogP contribution >= 0.6 is 11.3 Å². The molecule has 1 aliphatic heterocycles. The van der Waals surface area contributed by atoms with E-state index < -0.39 is 35.4 Å². The second kappa shape index (κ2) is 11.3. The Labute approximate surface area is 225 Å². The predicted octanol–water partition coefficient (Wildman–Crippen LogP) is 5.87. The molecule has 1 aromatic heterocycles. The van der Waals surface area contributed by atoms with Crippen LogP contribution < -0.4 is 10.6 Å². The third-order valence-corrected chi connectivity index (χ3v) is 7.85. The van der Waals surface area contributed by atoms with Crippen LogP contribution in [0, 0.1) is 11.3 Å². The third-order valence-electron chi connectivity index (χ3n) is 7.16. The summed E-state index contributed by atoms with van der Waals surface area (Å²) < 4.78 is 79.3. The lowest BCUT2D eigenvalue weighted by molar-refractivity contribution is -0.143. The van der Waals surface area contributed by atoms with Crippen LogP contribution in [-0.2, 0) is 28.5 Å². The number of thiazole rings is 1. The summed E-state index contributed by atoms with van der Waals surface area (Å²) in [4.78, 5) is 31.8. The molecule has 2 aromatic rings. The molecule has 4 rings (SSSR count). The van der Waals surface area contributed by atoms with E-state index >= 15 is 0 Å². The lowest BCUT2D eigenvalue weighted by Crippen LogP contribution is -2.49. The smallest absolute Gasteiger partial charge is 0.352 e. The summed E-state index contributed by atoms with van der Waals surface area (Å²) in [7, 11) is 0. The first-order chi connectivity index (χ1) is 18.2. The first kappa shape index (κ1) is 29.1. The van der Waals surface area contributed by atoms with Crippen LogP contribution in [0.25, 0.3) is 0 Å². The molecule has 2 N–H and O–H groups in total. The number of halogens is 6. The van der Waals surface area contributed by atoms with Crippen molar-refractivity contribution in [1.29, 1.82) is 0 Å². The van der Waals surface area contributed by atoms with Crippen molar-refractivity contribution in [2.24, 2.45) is 11.3 Å². The molecule has 6 nitrogen and oxygen atoms in total. The number of hydrogen-bond donors (Lipinski definition) is 2. The summed E-state index contributed by atoms with van der Waals surface area (Å²) in [5.41, 5.74) is -3.54. The maximum Gasteiger partial charge on any atom is 0.416 e. The van der Waals surface area contributed by atoms with E-state index in [0.29, 0.717) is 67.7 Å². The van der Waals surface area contributed by atoms with E-state index in [9.17, 15) is 35.9 Å². The Balaban J connectivity index is 1.39. The number of carbonyl (C=O) groups excluding carboxylic acids is 2. The fourth-order valence-corrected chi connectivity index (χ4v) is 5.37. The minimum Gasteiger partial charge on any atom is -0.352 e. The van der Waals surface area contributed by atoms with Crippen molar-refractivity contribution in [3.63, 3.8) is 0 Å². The summed E-state index contributed by atoms with van der Waals surface area (Å²) in [6.45, 7) is 4.68. The molecule has 0 radical (unpaired) electrons. The molecule has 1 saturated carbocycles. The normalized spacial score (nSPS) is 18.0. The Morgan fingerprint density at radius 2 is 1.67 bits per heavy atom. The number of piperidine rings is 1. The van der Waals surface area contributed by atoms with Gasteiger partial charge in [0.05, 0.1) is 16.5 Å². The van der Waals surface area contributed by atoms with Gasteiger partial charge >= 0.3 is 12.4 Å². The van der Waals surface area contributed by atoms with Gasteiger partial charge in [0, 0.05) is 30.2 Å². The maximum absolute atomic E-state index is 13.4. The minimum absolute atomic E-state index is 0.0701. The molecule has 2 aliphatic rings. The van der Waals surface area contributed by atoms with Gasteiger partial charge in [-0.25, -0.2) is 4.98 Å². The van der Waals surface area contributed by atoms with Gasteiger partial charge in [0.15, 0.2) is 5.13 Å². The molecule has 1 aromatic carbocycles. The molecular weight excluding hydrogens is 546 g/mol. The Hall–Kier alpha value is -2.93. The topological polar surface area (TPSA) is 74.3 Å². The van der Waals surface area contributed by atoms with E-state index in [2.05, 4.69) is 22.2 Å². The van der Waals surface area contributed by atoms with Gasteiger partial charge in [-0.2, -0.15) is 26.3 Å². The zero-order valence-electron chi connectivity index (χ0n) is 20.9. The number of hydrogen-bond acceptors (Lipinski definition) is 5. The first-order valence-corrected chi connectivity index (χ1v) is 13.3. The van der Waals surface area contributed by atoms with Gasteiger partial charge in [-0.15, -0.1) is 11.3 Å². The number of rotatable bonds is 9. The third kappa shape index (κ3) is 7.59. The Morgan fingerprint density at radius 3 is 2.18 bits per heavy atom. The summed E-state index contributed by atoms with van der Waals surface area (Å²) >= 11 is 1.28. The number of alkyl halides is 6. The van der Waals surface area contributed by atoms with Crippen LogP contribution in [0.1, 0.15) is 48.8 Å². The first-order valence-electron chi connectivity index (χ1n) is 12.4. The van der Waals surface area contributed by atoms with Crippen molar-refractivity contribution in [3.05, 3.63) is 58.6 Å². The van der Waals surface area contributed by atoms with Gasteiger partial charge in [0.2, 0.25) is 5.91 Å². The highest BCUT2D eigenvalue weighted by Crippen LogP contribution is 2.46. The van der Waals surface area contributed by atoms with Crippen LogP contribution in [0.5, 0.6) is 0 Å². The highest BCUT2D eigenvalue weighted by molar-refractivity contribution is 7.13. The molecule has 1 aliphatic carbocycles.